The van der Waals surface area contributed by atoms with Gasteiger partial charge in [0, 0.05) is 13.1 Å². The van der Waals surface area contributed by atoms with Crippen LogP contribution in [-0.2, 0) is 0 Å². The topological polar surface area (TPSA) is 50.8 Å². The maximum absolute atomic E-state index is 5.86. The monoisotopic (exact) mass is 249 g/mol. The lowest BCUT2D eigenvalue weighted by molar-refractivity contribution is 0.327. The molecule has 0 saturated heterocycles. The summed E-state index contributed by atoms with van der Waals surface area (Å²) in [6.45, 7) is 9.06. The highest BCUT2D eigenvalue weighted by Gasteiger charge is 2.01. The highest BCUT2D eigenvalue weighted by molar-refractivity contribution is 5.77. The molecule has 100 valence electrons. The Morgan fingerprint density at radius 1 is 1.33 bits per heavy atom. The molecule has 18 heavy (non-hydrogen) atoms. The summed E-state index contributed by atoms with van der Waals surface area (Å²) < 4.78 is 5.60. The van der Waals surface area contributed by atoms with Crippen LogP contribution in [0.25, 0.3) is 0 Å². The first-order valence-corrected chi connectivity index (χ1v) is 6.41. The Balaban J connectivity index is 2.36. The van der Waals surface area contributed by atoms with Gasteiger partial charge in [0.2, 0.25) is 0 Å². The summed E-state index contributed by atoms with van der Waals surface area (Å²) in [5.74, 6) is 1.47. The first-order valence-electron chi connectivity index (χ1n) is 6.41. The van der Waals surface area contributed by atoms with Crippen LogP contribution >= 0.6 is 0 Å². The molecule has 0 aliphatic rings. The van der Waals surface area contributed by atoms with Crippen molar-refractivity contribution in [2.24, 2.45) is 10.7 Å². The number of benzene rings is 1. The van der Waals surface area contributed by atoms with Crippen LogP contribution in [-0.4, -0.2) is 37.1 Å². The number of nitrogens with zero attached hydrogens (tertiary/aromatic N) is 2. The van der Waals surface area contributed by atoms with E-state index in [2.05, 4.69) is 18.8 Å². The molecule has 0 atom stereocenters. The second-order valence-corrected chi connectivity index (χ2v) is 4.08. The average molecular weight is 249 g/mol. The summed E-state index contributed by atoms with van der Waals surface area (Å²) >= 11 is 0. The average Bonchev–Trinajstić information content (AvgIpc) is 2.36. The lowest BCUT2D eigenvalue weighted by Crippen LogP contribution is -2.37. The van der Waals surface area contributed by atoms with Gasteiger partial charge >= 0.3 is 0 Å². The zero-order valence-corrected chi connectivity index (χ0v) is 11.5. The van der Waals surface area contributed by atoms with Crippen LogP contribution in [0.1, 0.15) is 19.4 Å². The van der Waals surface area contributed by atoms with Crippen LogP contribution in [0, 0.1) is 6.92 Å². The summed E-state index contributed by atoms with van der Waals surface area (Å²) in [4.78, 5) is 6.32. The van der Waals surface area contributed by atoms with Crippen molar-refractivity contribution in [3.63, 3.8) is 0 Å². The highest BCUT2D eigenvalue weighted by atomic mass is 16.5. The van der Waals surface area contributed by atoms with E-state index < -0.39 is 0 Å². The van der Waals surface area contributed by atoms with Gasteiger partial charge < -0.3 is 15.4 Å². The van der Waals surface area contributed by atoms with E-state index >= 15 is 0 Å². The largest absolute Gasteiger partial charge is 0.492 e. The number of aliphatic imine (C=N–C) groups is 1. The molecule has 0 saturated carbocycles. The van der Waals surface area contributed by atoms with Crippen LogP contribution in [0.2, 0.25) is 0 Å². The molecule has 0 aliphatic heterocycles. The molecule has 0 radical (unpaired) electrons. The molecule has 0 aromatic heterocycles. The van der Waals surface area contributed by atoms with Gasteiger partial charge in [-0.05, 0) is 38.5 Å². The van der Waals surface area contributed by atoms with E-state index in [0.717, 1.165) is 18.8 Å². The van der Waals surface area contributed by atoms with Gasteiger partial charge in [0.05, 0.1) is 6.54 Å². The third-order valence-electron chi connectivity index (χ3n) is 2.71. The second-order valence-electron chi connectivity index (χ2n) is 4.08. The van der Waals surface area contributed by atoms with E-state index in [4.69, 9.17) is 10.5 Å². The molecule has 0 aliphatic carbocycles. The van der Waals surface area contributed by atoms with Crippen LogP contribution in [0.5, 0.6) is 5.75 Å². The van der Waals surface area contributed by atoms with Crippen LogP contribution in [0.3, 0.4) is 0 Å². The van der Waals surface area contributed by atoms with Crippen molar-refractivity contribution in [3.8, 4) is 5.75 Å². The fourth-order valence-electron chi connectivity index (χ4n) is 1.68. The molecular weight excluding hydrogens is 226 g/mol. The van der Waals surface area contributed by atoms with Crippen molar-refractivity contribution in [2.45, 2.75) is 20.8 Å². The maximum Gasteiger partial charge on any atom is 0.191 e. The SMILES string of the molecule is CCN(CC)C(N)=NCCOc1cccc(C)c1. The summed E-state index contributed by atoms with van der Waals surface area (Å²) in [6, 6.07) is 7.99. The Morgan fingerprint density at radius 3 is 2.67 bits per heavy atom. The molecule has 0 fully saturated rings. The van der Waals surface area contributed by atoms with E-state index in [1.807, 2.05) is 36.1 Å². The van der Waals surface area contributed by atoms with E-state index in [1.165, 1.54) is 5.56 Å². The Labute approximate surface area is 109 Å². The molecule has 0 unspecified atom stereocenters. The lowest BCUT2D eigenvalue weighted by Gasteiger charge is -2.19. The molecule has 0 heterocycles. The van der Waals surface area contributed by atoms with Crippen molar-refractivity contribution in [2.75, 3.05) is 26.2 Å². The quantitative estimate of drug-likeness (QED) is 0.477. The predicted octanol–water partition coefficient (Wildman–Crippen LogP) is 2.03. The predicted molar refractivity (Wildman–Crippen MR) is 76.1 cm³/mol. The zero-order chi connectivity index (χ0) is 13.4. The fourth-order valence-corrected chi connectivity index (χ4v) is 1.68. The molecule has 4 heteroatoms. The van der Waals surface area contributed by atoms with E-state index in [0.29, 0.717) is 19.1 Å². The van der Waals surface area contributed by atoms with Crippen molar-refractivity contribution < 1.29 is 4.74 Å². The normalized spacial score (nSPS) is 11.4. The Bertz CT molecular complexity index is 386. The van der Waals surface area contributed by atoms with Gasteiger partial charge in [-0.1, -0.05) is 12.1 Å². The number of rotatable bonds is 6. The van der Waals surface area contributed by atoms with Gasteiger partial charge in [-0.3, -0.25) is 0 Å². The van der Waals surface area contributed by atoms with Crippen molar-refractivity contribution in [1.29, 1.82) is 0 Å². The van der Waals surface area contributed by atoms with Crippen LogP contribution in [0.4, 0.5) is 0 Å². The Hall–Kier alpha value is -1.71. The Kier molecular flexibility index (Phi) is 6.05. The summed E-state index contributed by atoms with van der Waals surface area (Å²) in [7, 11) is 0. The summed E-state index contributed by atoms with van der Waals surface area (Å²) in [5.41, 5.74) is 7.06. The van der Waals surface area contributed by atoms with E-state index in [9.17, 15) is 0 Å². The zero-order valence-electron chi connectivity index (χ0n) is 11.5. The van der Waals surface area contributed by atoms with Crippen LogP contribution < -0.4 is 10.5 Å². The number of aryl methyl sites for hydroxylation is 1. The third kappa shape index (κ3) is 4.65. The van der Waals surface area contributed by atoms with E-state index in [-0.39, 0.29) is 0 Å². The Morgan fingerprint density at radius 2 is 2.06 bits per heavy atom. The number of ether oxygens (including phenoxy) is 1. The fraction of sp³-hybridized carbons (Fsp3) is 0.500. The minimum atomic E-state index is 0.547. The molecule has 2 N–H and O–H groups in total. The molecule has 1 aromatic carbocycles. The first-order chi connectivity index (χ1) is 8.67. The molecule has 0 amide bonds. The number of nitrogens with two attached hydrogens (primary N) is 1. The smallest absolute Gasteiger partial charge is 0.191 e. The number of guanidine groups is 1. The lowest BCUT2D eigenvalue weighted by atomic mass is 10.2. The molecule has 0 spiro atoms. The van der Waals surface area contributed by atoms with Gasteiger partial charge in [-0.15, -0.1) is 0 Å². The molecular formula is C14H23N3O. The van der Waals surface area contributed by atoms with Gasteiger partial charge in [0.15, 0.2) is 5.96 Å². The van der Waals surface area contributed by atoms with Crippen molar-refractivity contribution in [3.05, 3.63) is 29.8 Å². The van der Waals surface area contributed by atoms with Gasteiger partial charge in [-0.2, -0.15) is 0 Å². The van der Waals surface area contributed by atoms with Gasteiger partial charge in [-0.25, -0.2) is 4.99 Å². The standard InChI is InChI=1S/C14H23N3O/c1-4-17(5-2)14(15)16-9-10-18-13-8-6-7-12(3)11-13/h6-8,11H,4-5,9-10H2,1-3H3,(H2,15,16). The number of hydrogen-bond acceptors (Lipinski definition) is 2. The summed E-state index contributed by atoms with van der Waals surface area (Å²) in [6.07, 6.45) is 0. The number of hydrogen-bond donors (Lipinski definition) is 1. The van der Waals surface area contributed by atoms with Crippen molar-refractivity contribution >= 4 is 5.96 Å². The second kappa shape index (κ2) is 7.58. The van der Waals surface area contributed by atoms with Gasteiger partial charge in [0.25, 0.3) is 0 Å². The van der Waals surface area contributed by atoms with E-state index in [1.54, 1.807) is 0 Å². The van der Waals surface area contributed by atoms with Gasteiger partial charge in [0.1, 0.15) is 12.4 Å². The minimum absolute atomic E-state index is 0.547. The first kappa shape index (κ1) is 14.4. The molecule has 1 rings (SSSR count). The highest BCUT2D eigenvalue weighted by Crippen LogP contribution is 2.11. The molecule has 4 nitrogen and oxygen atoms in total. The maximum atomic E-state index is 5.86. The minimum Gasteiger partial charge on any atom is -0.492 e. The van der Waals surface area contributed by atoms with Crippen LogP contribution in [0.15, 0.2) is 29.3 Å². The third-order valence-corrected chi connectivity index (χ3v) is 2.71. The summed E-state index contributed by atoms with van der Waals surface area (Å²) in [5, 5.41) is 0. The molecule has 1 aromatic rings. The molecule has 0 bridgehead atoms. The van der Waals surface area contributed by atoms with Crippen molar-refractivity contribution in [1.82, 2.24) is 4.90 Å².